The number of amides is 1. The van der Waals surface area contributed by atoms with Crippen LogP contribution in [0.4, 0.5) is 0 Å². The highest BCUT2D eigenvalue weighted by Crippen LogP contribution is 2.31. The Hall–Kier alpha value is -2.17. The topological polar surface area (TPSA) is 41.6 Å². The number of carbonyl (C=O) groups excluding carboxylic acids is 1. The fourth-order valence-corrected chi connectivity index (χ4v) is 5.37. The van der Waals surface area contributed by atoms with Crippen LogP contribution in [-0.4, -0.2) is 42.6 Å². The lowest BCUT2D eigenvalue weighted by atomic mass is 9.94. The van der Waals surface area contributed by atoms with Crippen LogP contribution in [0.25, 0.3) is 11.1 Å². The second-order valence-electron chi connectivity index (χ2n) is 9.83. The Labute approximate surface area is 199 Å². The largest absolute Gasteiger partial charge is 0.381 e. The number of hydrogen-bond donors (Lipinski definition) is 1. The van der Waals surface area contributed by atoms with Gasteiger partial charge in [-0.25, -0.2) is 0 Å². The van der Waals surface area contributed by atoms with E-state index >= 15 is 0 Å². The van der Waals surface area contributed by atoms with Gasteiger partial charge in [0.2, 0.25) is 5.91 Å². The quantitative estimate of drug-likeness (QED) is 0.663. The predicted molar refractivity (Wildman–Crippen MR) is 135 cm³/mol. The van der Waals surface area contributed by atoms with Gasteiger partial charge in [0.25, 0.3) is 0 Å². The summed E-state index contributed by atoms with van der Waals surface area (Å²) in [5.74, 6) is 0.545. The van der Waals surface area contributed by atoms with Crippen LogP contribution >= 0.6 is 0 Å². The Morgan fingerprint density at radius 2 is 1.70 bits per heavy atom. The molecular formula is C29H40N2O2. The molecule has 2 fully saturated rings. The standard InChI is InChI=1S/C26H32N2O2.C3H8/c29-26(22-8-9-25(17-22)27-24-11-14-30-15-12-24)28-13-10-20-6-7-21(16-23(20)18-28)19-4-2-1-3-5-19;1-3-2/h1-7,16,22,24-25,27H,8-15,17-18H2;3H2,1-2H3. The molecule has 2 aromatic rings. The molecule has 33 heavy (non-hydrogen) atoms. The van der Waals surface area contributed by atoms with E-state index in [4.69, 9.17) is 4.74 Å². The van der Waals surface area contributed by atoms with Crippen LogP contribution in [0.1, 0.15) is 63.5 Å². The van der Waals surface area contributed by atoms with Crippen LogP contribution in [0.2, 0.25) is 0 Å². The number of hydrogen-bond acceptors (Lipinski definition) is 3. The summed E-state index contributed by atoms with van der Waals surface area (Å²) in [4.78, 5) is 15.4. The SMILES string of the molecule is CCC.O=C(C1CCC(NC2CCOCC2)C1)N1CCc2ccc(-c3ccccc3)cc2C1. The first-order valence-electron chi connectivity index (χ1n) is 13.0. The molecule has 2 aliphatic heterocycles. The molecule has 178 valence electrons. The van der Waals surface area contributed by atoms with Gasteiger partial charge < -0.3 is 15.0 Å². The summed E-state index contributed by atoms with van der Waals surface area (Å²) in [7, 11) is 0. The molecule has 1 N–H and O–H groups in total. The van der Waals surface area contributed by atoms with E-state index in [1.54, 1.807) is 0 Å². The first kappa shape index (κ1) is 24.0. The van der Waals surface area contributed by atoms with Crippen molar-refractivity contribution in [2.75, 3.05) is 19.8 Å². The molecule has 2 aromatic carbocycles. The van der Waals surface area contributed by atoms with Gasteiger partial charge in [0.15, 0.2) is 0 Å². The van der Waals surface area contributed by atoms with E-state index in [1.165, 1.54) is 28.7 Å². The first-order valence-corrected chi connectivity index (χ1v) is 13.0. The van der Waals surface area contributed by atoms with Crippen molar-refractivity contribution in [3.8, 4) is 11.1 Å². The fraction of sp³-hybridized carbons (Fsp3) is 0.552. The van der Waals surface area contributed by atoms with Crippen LogP contribution in [0.5, 0.6) is 0 Å². The molecule has 0 bridgehead atoms. The van der Waals surface area contributed by atoms with Crippen LogP contribution in [0.3, 0.4) is 0 Å². The van der Waals surface area contributed by atoms with E-state index in [0.717, 1.165) is 64.8 Å². The van der Waals surface area contributed by atoms with Crippen LogP contribution in [0.15, 0.2) is 48.5 Å². The lowest BCUT2D eigenvalue weighted by Gasteiger charge is -2.31. The maximum absolute atomic E-state index is 13.3. The van der Waals surface area contributed by atoms with Gasteiger partial charge in [-0.2, -0.15) is 0 Å². The Balaban J connectivity index is 0.000000821. The van der Waals surface area contributed by atoms with Gasteiger partial charge in [0.1, 0.15) is 0 Å². The zero-order chi connectivity index (χ0) is 23.0. The van der Waals surface area contributed by atoms with Gasteiger partial charge in [0, 0.05) is 44.3 Å². The van der Waals surface area contributed by atoms with Gasteiger partial charge in [-0.15, -0.1) is 0 Å². The van der Waals surface area contributed by atoms with Crippen molar-refractivity contribution in [2.45, 2.75) is 77.4 Å². The lowest BCUT2D eigenvalue weighted by molar-refractivity contribution is -0.136. The highest BCUT2D eigenvalue weighted by atomic mass is 16.5. The summed E-state index contributed by atoms with van der Waals surface area (Å²) in [5.41, 5.74) is 5.18. The lowest BCUT2D eigenvalue weighted by Crippen LogP contribution is -2.42. The van der Waals surface area contributed by atoms with E-state index < -0.39 is 0 Å². The number of benzene rings is 2. The number of nitrogens with zero attached hydrogens (tertiary/aromatic N) is 1. The molecule has 2 atom stereocenters. The third kappa shape index (κ3) is 6.24. The fourth-order valence-electron chi connectivity index (χ4n) is 5.37. The predicted octanol–water partition coefficient (Wildman–Crippen LogP) is 5.59. The minimum absolute atomic E-state index is 0.182. The summed E-state index contributed by atoms with van der Waals surface area (Å²) in [6, 6.07) is 18.3. The molecule has 0 spiro atoms. The Morgan fingerprint density at radius 3 is 2.45 bits per heavy atom. The van der Waals surface area contributed by atoms with Crippen molar-refractivity contribution in [3.05, 3.63) is 59.7 Å². The smallest absolute Gasteiger partial charge is 0.226 e. The maximum Gasteiger partial charge on any atom is 0.226 e. The molecule has 0 aromatic heterocycles. The molecule has 5 rings (SSSR count). The van der Waals surface area contributed by atoms with Crippen LogP contribution in [-0.2, 0) is 22.5 Å². The number of fused-ring (bicyclic) bond motifs is 1. The van der Waals surface area contributed by atoms with E-state index in [2.05, 4.69) is 66.5 Å². The average molecular weight is 449 g/mol. The summed E-state index contributed by atoms with van der Waals surface area (Å²) in [5, 5.41) is 3.80. The minimum atomic E-state index is 0.182. The third-order valence-electron chi connectivity index (χ3n) is 7.11. The number of ether oxygens (including phenoxy) is 1. The summed E-state index contributed by atoms with van der Waals surface area (Å²) in [6.07, 6.45) is 7.54. The van der Waals surface area contributed by atoms with E-state index in [9.17, 15) is 4.79 Å². The second kappa shape index (κ2) is 11.8. The zero-order valence-corrected chi connectivity index (χ0v) is 20.4. The highest BCUT2D eigenvalue weighted by molar-refractivity contribution is 5.79. The third-order valence-corrected chi connectivity index (χ3v) is 7.11. The Kier molecular flexibility index (Phi) is 8.57. The van der Waals surface area contributed by atoms with Crippen molar-refractivity contribution in [3.63, 3.8) is 0 Å². The van der Waals surface area contributed by atoms with E-state index in [0.29, 0.717) is 18.0 Å². The Bertz CT molecular complexity index is 892. The number of rotatable bonds is 4. The summed E-state index contributed by atoms with van der Waals surface area (Å²) < 4.78 is 5.47. The Morgan fingerprint density at radius 1 is 0.939 bits per heavy atom. The van der Waals surface area contributed by atoms with Gasteiger partial charge in [-0.3, -0.25) is 4.79 Å². The summed E-state index contributed by atoms with van der Waals surface area (Å²) in [6.45, 7) is 7.59. The van der Waals surface area contributed by atoms with Crippen molar-refractivity contribution in [1.29, 1.82) is 0 Å². The highest BCUT2D eigenvalue weighted by Gasteiger charge is 2.34. The molecule has 4 nitrogen and oxygen atoms in total. The van der Waals surface area contributed by atoms with Crippen molar-refractivity contribution in [2.24, 2.45) is 5.92 Å². The zero-order valence-electron chi connectivity index (χ0n) is 20.4. The molecule has 2 heterocycles. The maximum atomic E-state index is 13.3. The molecule has 2 unspecified atom stereocenters. The van der Waals surface area contributed by atoms with Gasteiger partial charge in [-0.1, -0.05) is 62.7 Å². The minimum Gasteiger partial charge on any atom is -0.381 e. The van der Waals surface area contributed by atoms with E-state index in [1.807, 2.05) is 6.07 Å². The molecule has 1 saturated heterocycles. The first-order chi connectivity index (χ1) is 16.2. The molecular weight excluding hydrogens is 408 g/mol. The average Bonchev–Trinajstić information content (AvgIpc) is 3.33. The molecule has 0 radical (unpaired) electrons. The molecule has 1 saturated carbocycles. The second-order valence-corrected chi connectivity index (χ2v) is 9.83. The van der Waals surface area contributed by atoms with Crippen LogP contribution in [0, 0.1) is 5.92 Å². The molecule has 3 aliphatic rings. The van der Waals surface area contributed by atoms with Gasteiger partial charge in [-0.05, 0) is 66.8 Å². The monoisotopic (exact) mass is 448 g/mol. The molecule has 1 amide bonds. The van der Waals surface area contributed by atoms with E-state index in [-0.39, 0.29) is 5.92 Å². The number of carbonyl (C=O) groups is 1. The molecule has 4 heteroatoms. The normalized spacial score (nSPS) is 22.9. The van der Waals surface area contributed by atoms with Crippen molar-refractivity contribution in [1.82, 2.24) is 10.2 Å². The summed E-state index contributed by atoms with van der Waals surface area (Å²) >= 11 is 0. The van der Waals surface area contributed by atoms with Gasteiger partial charge in [0.05, 0.1) is 0 Å². The van der Waals surface area contributed by atoms with Crippen molar-refractivity contribution < 1.29 is 9.53 Å². The van der Waals surface area contributed by atoms with Crippen molar-refractivity contribution >= 4 is 5.91 Å². The van der Waals surface area contributed by atoms with Crippen LogP contribution < -0.4 is 5.32 Å². The van der Waals surface area contributed by atoms with Gasteiger partial charge >= 0.3 is 0 Å². The number of nitrogens with one attached hydrogen (secondary N) is 1. The molecule has 1 aliphatic carbocycles.